The Morgan fingerprint density at radius 2 is 1.84 bits per heavy atom. The first-order chi connectivity index (χ1) is 20.2. The third kappa shape index (κ3) is 6.99. The quantitative estimate of drug-likeness (QED) is 0.158. The number of pyridine rings is 1. The number of amides is 1. The van der Waals surface area contributed by atoms with E-state index in [0.29, 0.717) is 16.6 Å². The number of nitrogens with one attached hydrogen (secondary N) is 2. The molecule has 226 valence electrons. The Morgan fingerprint density at radius 1 is 1.14 bits per heavy atom. The highest BCUT2D eigenvalue weighted by atomic mass is 32.2. The number of fused-ring (bicyclic) bond motifs is 1. The number of alkyl halides is 3. The van der Waals surface area contributed by atoms with Gasteiger partial charge in [0.2, 0.25) is 10.0 Å². The van der Waals surface area contributed by atoms with Crippen molar-refractivity contribution < 1.29 is 45.6 Å². The number of carbonyl (C=O) groups is 1. The molecule has 5 rings (SSSR count). The second kappa shape index (κ2) is 11.6. The van der Waals surface area contributed by atoms with E-state index in [0.717, 1.165) is 30.5 Å². The molecule has 43 heavy (non-hydrogen) atoms. The lowest BCUT2D eigenvalue weighted by atomic mass is 9.79. The number of benzene rings is 2. The van der Waals surface area contributed by atoms with Crippen LogP contribution in [0, 0.1) is 5.82 Å². The third-order valence-electron chi connectivity index (χ3n) is 6.90. The lowest BCUT2D eigenvalue weighted by Gasteiger charge is -2.15. The van der Waals surface area contributed by atoms with Gasteiger partial charge in [0.1, 0.15) is 17.3 Å². The fourth-order valence-electron chi connectivity index (χ4n) is 4.76. The molecule has 1 amide bonds. The Morgan fingerprint density at radius 3 is 2.44 bits per heavy atom. The molecule has 1 aliphatic rings. The van der Waals surface area contributed by atoms with Gasteiger partial charge in [-0.25, -0.2) is 22.0 Å². The first-order valence-electron chi connectivity index (χ1n) is 13.0. The summed E-state index contributed by atoms with van der Waals surface area (Å²) in [6.07, 6.45) is -1.96. The van der Waals surface area contributed by atoms with Crippen molar-refractivity contribution in [1.82, 2.24) is 19.7 Å². The molecule has 4 N–H and O–H groups in total. The van der Waals surface area contributed by atoms with Crippen molar-refractivity contribution in [2.75, 3.05) is 7.05 Å². The van der Waals surface area contributed by atoms with Crippen molar-refractivity contribution in [1.29, 1.82) is 0 Å². The number of aromatic nitrogens is 2. The van der Waals surface area contributed by atoms with Crippen LogP contribution in [0.15, 0.2) is 54.7 Å². The average Bonchev–Trinajstić information content (AvgIpc) is 3.71. The summed E-state index contributed by atoms with van der Waals surface area (Å²) in [5.74, 6) is -2.18. The van der Waals surface area contributed by atoms with Crippen LogP contribution in [0.4, 0.5) is 17.6 Å². The fraction of sp³-hybridized carbons (Fsp3) is 0.259. The van der Waals surface area contributed by atoms with Crippen molar-refractivity contribution in [3.05, 3.63) is 82.8 Å². The zero-order valence-corrected chi connectivity index (χ0v) is 23.3. The van der Waals surface area contributed by atoms with Gasteiger partial charge in [0, 0.05) is 30.8 Å². The zero-order chi connectivity index (χ0) is 31.1. The van der Waals surface area contributed by atoms with Crippen molar-refractivity contribution in [2.45, 2.75) is 37.4 Å². The van der Waals surface area contributed by atoms with E-state index in [4.69, 9.17) is 0 Å². The van der Waals surface area contributed by atoms with Crippen molar-refractivity contribution >= 4 is 34.0 Å². The van der Waals surface area contributed by atoms with E-state index in [9.17, 15) is 40.8 Å². The summed E-state index contributed by atoms with van der Waals surface area (Å²) in [5, 5.41) is 25.8. The van der Waals surface area contributed by atoms with Gasteiger partial charge in [-0.15, -0.1) is 13.2 Å². The maximum atomic E-state index is 13.6. The maximum absolute atomic E-state index is 13.6. The second-order valence-electron chi connectivity index (χ2n) is 10.0. The van der Waals surface area contributed by atoms with Crippen molar-refractivity contribution in [2.24, 2.45) is 0 Å². The van der Waals surface area contributed by atoms with E-state index in [1.165, 1.54) is 48.1 Å². The largest absolute Gasteiger partial charge is 0.573 e. The predicted molar refractivity (Wildman–Crippen MR) is 148 cm³/mol. The molecule has 0 radical (unpaired) electrons. The molecule has 1 saturated carbocycles. The van der Waals surface area contributed by atoms with Gasteiger partial charge in [0.25, 0.3) is 5.91 Å². The molecule has 16 heteroatoms. The average molecular weight is 620 g/mol. The number of hydrogen-bond acceptors (Lipinski definition) is 7. The molecule has 4 aromatic rings. The molecule has 2 aromatic heterocycles. The number of ether oxygens (including phenoxy) is 1. The van der Waals surface area contributed by atoms with E-state index in [1.54, 1.807) is 6.07 Å². The highest BCUT2D eigenvalue weighted by Gasteiger charge is 2.34. The Kier molecular flexibility index (Phi) is 8.22. The highest BCUT2D eigenvalue weighted by molar-refractivity contribution is 7.88. The van der Waals surface area contributed by atoms with E-state index in [2.05, 4.69) is 19.9 Å². The molecule has 2 aromatic carbocycles. The van der Waals surface area contributed by atoms with Crippen LogP contribution in [0.1, 0.15) is 45.8 Å². The molecule has 0 unspecified atom stereocenters. The summed E-state index contributed by atoms with van der Waals surface area (Å²) < 4.78 is 85.9. The summed E-state index contributed by atoms with van der Waals surface area (Å²) >= 11 is 0. The van der Waals surface area contributed by atoms with Gasteiger partial charge < -0.3 is 20.1 Å². The maximum Gasteiger partial charge on any atom is 0.573 e. The van der Waals surface area contributed by atoms with Crippen LogP contribution in [0.5, 0.6) is 5.75 Å². The molecular weight excluding hydrogens is 595 g/mol. The smallest absolute Gasteiger partial charge is 0.423 e. The normalized spacial score (nSPS) is 13.7. The van der Waals surface area contributed by atoms with Gasteiger partial charge in [0.05, 0.1) is 16.8 Å². The minimum Gasteiger partial charge on any atom is -0.423 e. The number of nitrogens with zero attached hydrogens (tertiary/aromatic N) is 2. The SMILES string of the molecule is CNC(=O)c1c(-c2ccc(F)cc2)nn2cc(CS(=O)(=O)NCc3ccc(B(O)O)c(OC(F)(F)F)c3)c(C3CC3)cc12. The lowest BCUT2D eigenvalue weighted by Crippen LogP contribution is -2.34. The molecule has 2 heterocycles. The van der Waals surface area contributed by atoms with E-state index < -0.39 is 58.7 Å². The number of hydrogen-bond donors (Lipinski definition) is 4. The number of halogens is 4. The zero-order valence-electron chi connectivity index (χ0n) is 22.5. The van der Waals surface area contributed by atoms with Crippen LogP contribution in [0.3, 0.4) is 0 Å². The van der Waals surface area contributed by atoms with Crippen LogP contribution in [-0.2, 0) is 22.3 Å². The van der Waals surface area contributed by atoms with Crippen molar-refractivity contribution in [3.63, 3.8) is 0 Å². The molecule has 1 aliphatic carbocycles. The van der Waals surface area contributed by atoms with Gasteiger partial charge in [-0.2, -0.15) is 5.10 Å². The number of carbonyl (C=O) groups excluding carboxylic acids is 1. The lowest BCUT2D eigenvalue weighted by molar-refractivity contribution is -0.274. The highest BCUT2D eigenvalue weighted by Crippen LogP contribution is 2.43. The monoisotopic (exact) mass is 620 g/mol. The van der Waals surface area contributed by atoms with E-state index in [-0.39, 0.29) is 22.7 Å². The summed E-state index contributed by atoms with van der Waals surface area (Å²) in [6.45, 7) is -0.406. The molecule has 0 saturated heterocycles. The van der Waals surface area contributed by atoms with Gasteiger partial charge in [-0.05, 0) is 71.8 Å². The summed E-state index contributed by atoms with van der Waals surface area (Å²) in [6, 6.07) is 10.3. The molecule has 0 bridgehead atoms. The van der Waals surface area contributed by atoms with Crippen LogP contribution in [0.25, 0.3) is 16.8 Å². The van der Waals surface area contributed by atoms with Crippen LogP contribution in [-0.4, -0.2) is 54.5 Å². The number of sulfonamides is 1. The topological polar surface area (TPSA) is 142 Å². The Balaban J connectivity index is 1.46. The molecule has 1 fully saturated rings. The third-order valence-corrected chi connectivity index (χ3v) is 8.18. The fourth-order valence-corrected chi connectivity index (χ4v) is 5.90. The van der Waals surface area contributed by atoms with E-state index >= 15 is 0 Å². The molecule has 0 atom stereocenters. The summed E-state index contributed by atoms with van der Waals surface area (Å²) in [7, 11) is -4.84. The number of rotatable bonds is 10. The van der Waals surface area contributed by atoms with Gasteiger partial charge >= 0.3 is 13.5 Å². The summed E-state index contributed by atoms with van der Waals surface area (Å²) in [5.41, 5.74) is 2.14. The molecule has 0 spiro atoms. The van der Waals surface area contributed by atoms with Crippen LogP contribution in [0.2, 0.25) is 0 Å². The molecule has 0 aliphatic heterocycles. The van der Waals surface area contributed by atoms with Crippen molar-refractivity contribution in [3.8, 4) is 17.0 Å². The van der Waals surface area contributed by atoms with Crippen LogP contribution >= 0.6 is 0 Å². The van der Waals surface area contributed by atoms with Gasteiger partial charge in [-0.3, -0.25) is 4.79 Å². The first kappa shape index (κ1) is 30.5. The Hall–Kier alpha value is -3.99. The minimum atomic E-state index is -5.11. The predicted octanol–water partition coefficient (Wildman–Crippen LogP) is 2.58. The first-order valence-corrected chi connectivity index (χ1v) is 14.6. The van der Waals surface area contributed by atoms with E-state index in [1.807, 2.05) is 0 Å². The Labute approximate surface area is 243 Å². The Bertz CT molecular complexity index is 1790. The second-order valence-corrected chi connectivity index (χ2v) is 11.8. The minimum absolute atomic E-state index is 0.0661. The van der Waals surface area contributed by atoms with Crippen LogP contribution < -0.4 is 20.2 Å². The standard InChI is InChI=1S/C27H25BF4N4O6S/c1-33-26(37)24-22-11-20(16-3-4-16)18(13-36(22)35-25(24)17-5-7-19(29)8-6-17)14-43(40,41)34-12-15-2-9-21(28(38)39)23(10-15)42-27(30,31)32/h2,5-11,13,16,34,38-39H,3-4,12,14H2,1H3,(H,33,37). The van der Waals surface area contributed by atoms with Gasteiger partial charge in [-0.1, -0.05) is 12.1 Å². The molecule has 10 nitrogen and oxygen atoms in total. The molecular formula is C27H25BF4N4O6S. The van der Waals surface area contributed by atoms with Gasteiger partial charge in [0.15, 0.2) is 0 Å². The summed E-state index contributed by atoms with van der Waals surface area (Å²) in [4.78, 5) is 12.9.